The quantitative estimate of drug-likeness (QED) is 0.494. The molecule has 34 heavy (non-hydrogen) atoms. The summed E-state index contributed by atoms with van der Waals surface area (Å²) in [4.78, 5) is 33.0. The summed E-state index contributed by atoms with van der Waals surface area (Å²) < 4.78 is 11.0. The number of ether oxygens (including phenoxy) is 2. The largest absolute Gasteiger partial charge is 0.497 e. The summed E-state index contributed by atoms with van der Waals surface area (Å²) in [6, 6.07) is 21.8. The maximum atomic E-state index is 13.6. The van der Waals surface area contributed by atoms with Gasteiger partial charge in [0, 0.05) is 17.2 Å². The summed E-state index contributed by atoms with van der Waals surface area (Å²) in [7, 11) is 1.62. The van der Waals surface area contributed by atoms with Crippen molar-refractivity contribution in [3.8, 4) is 11.5 Å². The first kappa shape index (κ1) is 23.2. The van der Waals surface area contributed by atoms with E-state index in [9.17, 15) is 9.59 Å². The standard InChI is InChI=1S/C28H28N2O4/c1-28(2)25(17-20-12-14-23(33-3)15-13-20)30(27(32)34-24-10-5-4-6-11-24)19-21(26(28)31)18-22-9-7-8-16-29-22/h4-16,18,25H,17,19H2,1-3H3. The zero-order valence-electron chi connectivity index (χ0n) is 19.6. The van der Waals surface area contributed by atoms with E-state index in [4.69, 9.17) is 9.47 Å². The first-order valence-corrected chi connectivity index (χ1v) is 11.2. The highest BCUT2D eigenvalue weighted by Crippen LogP contribution is 2.38. The molecule has 1 aromatic heterocycles. The van der Waals surface area contributed by atoms with Gasteiger partial charge in [0.1, 0.15) is 11.5 Å². The molecule has 0 saturated carbocycles. The number of hydrogen-bond acceptors (Lipinski definition) is 5. The van der Waals surface area contributed by atoms with Crippen LogP contribution in [0.3, 0.4) is 0 Å². The number of benzene rings is 2. The molecule has 2 aromatic carbocycles. The van der Waals surface area contributed by atoms with Crippen molar-refractivity contribution in [2.24, 2.45) is 5.41 Å². The lowest BCUT2D eigenvalue weighted by atomic mass is 9.71. The highest BCUT2D eigenvalue weighted by atomic mass is 16.6. The predicted molar refractivity (Wildman–Crippen MR) is 131 cm³/mol. The molecule has 0 spiro atoms. The molecule has 6 nitrogen and oxygen atoms in total. The number of nitrogens with zero attached hydrogens (tertiary/aromatic N) is 2. The van der Waals surface area contributed by atoms with Crippen LogP contribution in [0.5, 0.6) is 11.5 Å². The van der Waals surface area contributed by atoms with Crippen molar-refractivity contribution in [1.29, 1.82) is 0 Å². The number of para-hydroxylation sites is 1. The number of carbonyl (C=O) groups excluding carboxylic acids is 2. The fraction of sp³-hybridized carbons (Fsp3) is 0.250. The Bertz CT molecular complexity index is 1170. The summed E-state index contributed by atoms with van der Waals surface area (Å²) in [5.74, 6) is 1.21. The van der Waals surface area contributed by atoms with Crippen molar-refractivity contribution in [2.75, 3.05) is 13.7 Å². The molecule has 1 saturated heterocycles. The van der Waals surface area contributed by atoms with E-state index in [2.05, 4.69) is 4.98 Å². The Morgan fingerprint density at radius 2 is 1.74 bits per heavy atom. The molecule has 0 radical (unpaired) electrons. The minimum absolute atomic E-state index is 0.000394. The van der Waals surface area contributed by atoms with E-state index in [-0.39, 0.29) is 12.3 Å². The number of hydrogen-bond donors (Lipinski definition) is 0. The van der Waals surface area contributed by atoms with Gasteiger partial charge in [0.05, 0.1) is 25.4 Å². The topological polar surface area (TPSA) is 68.7 Å². The summed E-state index contributed by atoms with van der Waals surface area (Å²) in [6.45, 7) is 3.92. The van der Waals surface area contributed by atoms with Crippen LogP contribution < -0.4 is 9.47 Å². The van der Waals surface area contributed by atoms with Crippen LogP contribution in [0.2, 0.25) is 0 Å². The Hall–Kier alpha value is -3.93. The first-order chi connectivity index (χ1) is 16.4. The summed E-state index contributed by atoms with van der Waals surface area (Å²) in [5, 5.41) is 0. The van der Waals surface area contributed by atoms with Gasteiger partial charge in [0.15, 0.2) is 5.78 Å². The Balaban J connectivity index is 1.69. The Morgan fingerprint density at radius 3 is 2.38 bits per heavy atom. The number of piperidine rings is 1. The third kappa shape index (κ3) is 5.01. The average molecular weight is 457 g/mol. The van der Waals surface area contributed by atoms with Crippen molar-refractivity contribution in [3.05, 3.63) is 95.8 Å². The number of pyridine rings is 1. The smallest absolute Gasteiger partial charge is 0.415 e. The monoisotopic (exact) mass is 456 g/mol. The molecule has 1 fully saturated rings. The third-order valence-electron chi connectivity index (χ3n) is 6.21. The fourth-order valence-corrected chi connectivity index (χ4v) is 4.26. The van der Waals surface area contributed by atoms with Gasteiger partial charge in [-0.3, -0.25) is 14.7 Å². The summed E-state index contributed by atoms with van der Waals surface area (Å²) >= 11 is 0. The molecule has 6 heteroatoms. The van der Waals surface area contributed by atoms with Crippen LogP contribution in [0.15, 0.2) is 84.6 Å². The van der Waals surface area contributed by atoms with Crippen molar-refractivity contribution in [2.45, 2.75) is 26.3 Å². The van der Waals surface area contributed by atoms with E-state index in [0.717, 1.165) is 11.3 Å². The highest BCUT2D eigenvalue weighted by molar-refractivity contribution is 6.05. The highest BCUT2D eigenvalue weighted by Gasteiger charge is 2.48. The van der Waals surface area contributed by atoms with Gasteiger partial charge in [-0.05, 0) is 54.5 Å². The molecule has 1 aliphatic heterocycles. The SMILES string of the molecule is COc1ccc(CC2N(C(=O)Oc3ccccc3)CC(=Cc3ccccn3)C(=O)C2(C)C)cc1. The second-order valence-electron chi connectivity index (χ2n) is 8.85. The molecule has 0 N–H and O–H groups in total. The molecular formula is C28H28N2O4. The van der Waals surface area contributed by atoms with Gasteiger partial charge in [-0.2, -0.15) is 0 Å². The maximum Gasteiger partial charge on any atom is 0.415 e. The van der Waals surface area contributed by atoms with Crippen LogP contribution in [0.25, 0.3) is 6.08 Å². The van der Waals surface area contributed by atoms with Crippen LogP contribution in [0.1, 0.15) is 25.1 Å². The van der Waals surface area contributed by atoms with Crippen molar-refractivity contribution in [3.63, 3.8) is 0 Å². The Morgan fingerprint density at radius 1 is 1.03 bits per heavy atom. The number of carbonyl (C=O) groups is 2. The number of methoxy groups -OCH3 is 1. The van der Waals surface area contributed by atoms with Gasteiger partial charge < -0.3 is 9.47 Å². The molecule has 1 atom stereocenters. The second-order valence-corrected chi connectivity index (χ2v) is 8.85. The fourth-order valence-electron chi connectivity index (χ4n) is 4.26. The number of amides is 1. The molecule has 1 amide bonds. The summed E-state index contributed by atoms with van der Waals surface area (Å²) in [6.07, 6.45) is 3.45. The molecule has 1 unspecified atom stereocenters. The van der Waals surface area contributed by atoms with Gasteiger partial charge in [0.25, 0.3) is 0 Å². The number of Topliss-reactive ketones (excluding diaryl/α,β-unsaturated/α-hetero) is 1. The lowest BCUT2D eigenvalue weighted by Gasteiger charge is -2.45. The molecule has 0 bridgehead atoms. The predicted octanol–water partition coefficient (Wildman–Crippen LogP) is 5.19. The minimum Gasteiger partial charge on any atom is -0.497 e. The lowest BCUT2D eigenvalue weighted by molar-refractivity contribution is -0.129. The molecular weight excluding hydrogens is 428 g/mol. The Labute approximate surface area is 199 Å². The Kier molecular flexibility index (Phi) is 6.77. The van der Waals surface area contributed by atoms with E-state index in [1.54, 1.807) is 36.4 Å². The zero-order valence-corrected chi connectivity index (χ0v) is 19.6. The molecule has 1 aliphatic rings. The van der Waals surface area contributed by atoms with Crippen LogP contribution in [0.4, 0.5) is 4.79 Å². The number of rotatable bonds is 5. The van der Waals surface area contributed by atoms with Crippen LogP contribution in [-0.4, -0.2) is 41.5 Å². The normalized spacial score (nSPS) is 18.6. The minimum atomic E-state index is -0.839. The number of ketones is 1. The average Bonchev–Trinajstić information content (AvgIpc) is 2.85. The molecule has 174 valence electrons. The van der Waals surface area contributed by atoms with Gasteiger partial charge in [-0.1, -0.05) is 50.2 Å². The summed E-state index contributed by atoms with van der Waals surface area (Å²) in [5.41, 5.74) is 1.36. The van der Waals surface area contributed by atoms with Crippen molar-refractivity contribution in [1.82, 2.24) is 9.88 Å². The van der Waals surface area contributed by atoms with Gasteiger partial charge in [-0.25, -0.2) is 4.79 Å². The van der Waals surface area contributed by atoms with Gasteiger partial charge in [0.2, 0.25) is 0 Å². The molecule has 0 aliphatic carbocycles. The zero-order chi connectivity index (χ0) is 24.1. The number of aromatic nitrogens is 1. The number of likely N-dealkylation sites (tertiary alicyclic amines) is 1. The lowest BCUT2D eigenvalue weighted by Crippen LogP contribution is -2.59. The van der Waals surface area contributed by atoms with Crippen LogP contribution in [0, 0.1) is 5.41 Å². The second kappa shape index (κ2) is 9.91. The van der Waals surface area contributed by atoms with Crippen LogP contribution >= 0.6 is 0 Å². The van der Waals surface area contributed by atoms with Gasteiger partial charge >= 0.3 is 6.09 Å². The first-order valence-electron chi connectivity index (χ1n) is 11.2. The van der Waals surface area contributed by atoms with E-state index in [1.165, 1.54) is 0 Å². The van der Waals surface area contributed by atoms with E-state index >= 15 is 0 Å². The molecule has 2 heterocycles. The third-order valence-corrected chi connectivity index (χ3v) is 6.21. The molecule has 4 rings (SSSR count). The van der Waals surface area contributed by atoms with Crippen molar-refractivity contribution < 1.29 is 19.1 Å². The van der Waals surface area contributed by atoms with E-state index < -0.39 is 17.6 Å². The maximum absolute atomic E-state index is 13.6. The van der Waals surface area contributed by atoms with Crippen LogP contribution in [-0.2, 0) is 11.2 Å². The van der Waals surface area contributed by atoms with Gasteiger partial charge in [-0.15, -0.1) is 0 Å². The van der Waals surface area contributed by atoms with E-state index in [0.29, 0.717) is 23.4 Å². The van der Waals surface area contributed by atoms with Crippen molar-refractivity contribution >= 4 is 18.0 Å². The molecule has 3 aromatic rings. The van der Waals surface area contributed by atoms with E-state index in [1.807, 2.05) is 74.5 Å².